The van der Waals surface area contributed by atoms with E-state index in [9.17, 15) is 0 Å². The molecule has 2 N–H and O–H groups in total. The fraction of sp³-hybridized carbons (Fsp3) is 0.643. The van der Waals surface area contributed by atoms with Gasteiger partial charge in [0, 0.05) is 11.8 Å². The third-order valence-corrected chi connectivity index (χ3v) is 4.90. The van der Waals surface area contributed by atoms with E-state index in [1.54, 1.807) is 17.8 Å². The topological polar surface area (TPSA) is 95.4 Å². The van der Waals surface area contributed by atoms with Crippen molar-refractivity contribution in [1.82, 2.24) is 30.2 Å². The van der Waals surface area contributed by atoms with Crippen molar-refractivity contribution in [3.8, 4) is 0 Å². The Bertz CT molecular complexity index is 616. The SMILES string of the molecule is Cc1cc(N)nc(S[C@@H](C)c2nnnn2C2CCCCC2)n1. The Balaban J connectivity index is 1.77. The molecule has 8 heteroatoms. The molecule has 1 atom stereocenters. The lowest BCUT2D eigenvalue weighted by Gasteiger charge is -2.23. The number of anilines is 1. The van der Waals surface area contributed by atoms with Crippen molar-refractivity contribution in [2.75, 3.05) is 5.73 Å². The van der Waals surface area contributed by atoms with Crippen LogP contribution in [-0.2, 0) is 0 Å². The fourth-order valence-electron chi connectivity index (χ4n) is 2.88. The maximum absolute atomic E-state index is 5.79. The zero-order valence-corrected chi connectivity index (χ0v) is 13.8. The van der Waals surface area contributed by atoms with Gasteiger partial charge in [-0.25, -0.2) is 14.6 Å². The molecule has 0 aromatic carbocycles. The molecule has 1 aliphatic carbocycles. The Morgan fingerprint density at radius 3 is 2.77 bits per heavy atom. The third-order valence-electron chi connectivity index (χ3n) is 3.94. The van der Waals surface area contributed by atoms with Gasteiger partial charge in [-0.15, -0.1) is 5.10 Å². The second-order valence-corrected chi connectivity index (χ2v) is 7.06. The number of aromatic nitrogens is 6. The molecule has 0 radical (unpaired) electrons. The standard InChI is InChI=1S/C14H21N7S/c1-9-8-12(15)17-14(16-9)22-10(2)13-18-19-20-21(13)11-6-4-3-5-7-11/h8,10-11H,3-7H2,1-2H3,(H2,15,16,17)/t10-/m0/s1. The van der Waals surface area contributed by atoms with Crippen LogP contribution in [0.25, 0.3) is 0 Å². The van der Waals surface area contributed by atoms with Gasteiger partial charge in [0.05, 0.1) is 11.3 Å². The van der Waals surface area contributed by atoms with Gasteiger partial charge in [0.25, 0.3) is 0 Å². The summed E-state index contributed by atoms with van der Waals surface area (Å²) in [6.45, 7) is 4.00. The third kappa shape index (κ3) is 3.37. The van der Waals surface area contributed by atoms with Crippen LogP contribution in [0.15, 0.2) is 11.2 Å². The molecule has 0 saturated heterocycles. The van der Waals surface area contributed by atoms with E-state index in [-0.39, 0.29) is 5.25 Å². The molecule has 22 heavy (non-hydrogen) atoms. The number of thioether (sulfide) groups is 1. The Hall–Kier alpha value is -1.70. The molecule has 7 nitrogen and oxygen atoms in total. The molecule has 1 fully saturated rings. The monoisotopic (exact) mass is 319 g/mol. The summed E-state index contributed by atoms with van der Waals surface area (Å²) in [7, 11) is 0. The molecular weight excluding hydrogens is 298 g/mol. The minimum absolute atomic E-state index is 0.0816. The second-order valence-electron chi connectivity index (χ2n) is 5.75. The van der Waals surface area contributed by atoms with Gasteiger partial charge in [-0.1, -0.05) is 31.0 Å². The van der Waals surface area contributed by atoms with Crippen molar-refractivity contribution in [3.63, 3.8) is 0 Å². The number of hydrogen-bond acceptors (Lipinski definition) is 7. The van der Waals surface area contributed by atoms with Crippen molar-refractivity contribution in [2.45, 2.75) is 62.4 Å². The highest BCUT2D eigenvalue weighted by molar-refractivity contribution is 7.99. The molecule has 0 unspecified atom stereocenters. The zero-order valence-electron chi connectivity index (χ0n) is 12.9. The average molecular weight is 319 g/mol. The van der Waals surface area contributed by atoms with Gasteiger partial charge in [-0.3, -0.25) is 0 Å². The molecule has 118 valence electrons. The number of nitrogen functional groups attached to an aromatic ring is 1. The van der Waals surface area contributed by atoms with Gasteiger partial charge in [0.2, 0.25) is 0 Å². The van der Waals surface area contributed by atoms with Crippen LogP contribution in [0.2, 0.25) is 0 Å². The van der Waals surface area contributed by atoms with Crippen molar-refractivity contribution in [3.05, 3.63) is 17.6 Å². The fourth-order valence-corrected chi connectivity index (χ4v) is 3.81. The van der Waals surface area contributed by atoms with Crippen LogP contribution in [0.3, 0.4) is 0 Å². The number of nitrogens with two attached hydrogens (primary N) is 1. The lowest BCUT2D eigenvalue weighted by atomic mass is 9.95. The lowest BCUT2D eigenvalue weighted by molar-refractivity contribution is 0.317. The first-order valence-corrected chi connectivity index (χ1v) is 8.57. The first-order valence-electron chi connectivity index (χ1n) is 7.69. The van der Waals surface area contributed by atoms with Gasteiger partial charge in [-0.05, 0) is 37.1 Å². The predicted molar refractivity (Wildman–Crippen MR) is 85.4 cm³/mol. The first-order chi connectivity index (χ1) is 10.6. The van der Waals surface area contributed by atoms with Crippen LogP contribution in [0.1, 0.15) is 61.8 Å². The van der Waals surface area contributed by atoms with Crippen LogP contribution >= 0.6 is 11.8 Å². The summed E-state index contributed by atoms with van der Waals surface area (Å²) in [5.41, 5.74) is 6.66. The zero-order chi connectivity index (χ0) is 15.5. The van der Waals surface area contributed by atoms with E-state index in [0.717, 1.165) is 24.4 Å². The van der Waals surface area contributed by atoms with Crippen LogP contribution in [0.5, 0.6) is 0 Å². The van der Waals surface area contributed by atoms with E-state index in [4.69, 9.17) is 5.73 Å². The molecule has 0 bridgehead atoms. The molecule has 1 saturated carbocycles. The maximum atomic E-state index is 5.79. The summed E-state index contributed by atoms with van der Waals surface area (Å²) in [6.07, 6.45) is 6.13. The highest BCUT2D eigenvalue weighted by atomic mass is 32.2. The molecule has 2 aromatic rings. The molecule has 0 amide bonds. The first kappa shape index (κ1) is 15.2. The van der Waals surface area contributed by atoms with Crippen LogP contribution in [0, 0.1) is 6.92 Å². The number of nitrogens with zero attached hydrogens (tertiary/aromatic N) is 6. The minimum Gasteiger partial charge on any atom is -0.384 e. The highest BCUT2D eigenvalue weighted by Gasteiger charge is 2.24. The molecule has 0 aliphatic heterocycles. The predicted octanol–water partition coefficient (Wildman–Crippen LogP) is 2.71. The van der Waals surface area contributed by atoms with Gasteiger partial charge >= 0.3 is 0 Å². The van der Waals surface area contributed by atoms with E-state index in [1.165, 1.54) is 19.3 Å². The van der Waals surface area contributed by atoms with Crippen LogP contribution < -0.4 is 5.73 Å². The summed E-state index contributed by atoms with van der Waals surface area (Å²) < 4.78 is 2.00. The summed E-state index contributed by atoms with van der Waals surface area (Å²) >= 11 is 1.54. The Kier molecular flexibility index (Phi) is 4.56. The summed E-state index contributed by atoms with van der Waals surface area (Å²) in [5.74, 6) is 1.38. The smallest absolute Gasteiger partial charge is 0.190 e. The average Bonchev–Trinajstić information content (AvgIpc) is 2.96. The molecular formula is C14H21N7S. The Labute approximate surface area is 134 Å². The largest absolute Gasteiger partial charge is 0.384 e. The quantitative estimate of drug-likeness (QED) is 0.683. The molecule has 3 rings (SSSR count). The van der Waals surface area contributed by atoms with Crippen LogP contribution in [0.4, 0.5) is 5.82 Å². The maximum Gasteiger partial charge on any atom is 0.190 e. The molecule has 0 spiro atoms. The number of hydrogen-bond donors (Lipinski definition) is 1. The van der Waals surface area contributed by atoms with E-state index in [2.05, 4.69) is 32.4 Å². The van der Waals surface area contributed by atoms with Crippen LogP contribution in [-0.4, -0.2) is 30.2 Å². The van der Waals surface area contributed by atoms with Gasteiger partial charge in [0.15, 0.2) is 11.0 Å². The molecule has 2 aromatic heterocycles. The Morgan fingerprint density at radius 2 is 2.05 bits per heavy atom. The number of rotatable bonds is 4. The molecule has 2 heterocycles. The van der Waals surface area contributed by atoms with E-state index >= 15 is 0 Å². The minimum atomic E-state index is 0.0816. The lowest BCUT2D eigenvalue weighted by Crippen LogP contribution is -2.17. The van der Waals surface area contributed by atoms with Crippen molar-refractivity contribution < 1.29 is 0 Å². The van der Waals surface area contributed by atoms with Gasteiger partial charge in [0.1, 0.15) is 5.82 Å². The number of aryl methyl sites for hydroxylation is 1. The summed E-state index contributed by atoms with van der Waals surface area (Å²) in [4.78, 5) is 8.70. The molecule has 1 aliphatic rings. The second kappa shape index (κ2) is 6.60. The van der Waals surface area contributed by atoms with Gasteiger partial charge < -0.3 is 5.73 Å². The van der Waals surface area contributed by atoms with Crippen molar-refractivity contribution in [2.24, 2.45) is 0 Å². The Morgan fingerprint density at radius 1 is 1.27 bits per heavy atom. The van der Waals surface area contributed by atoms with Crippen molar-refractivity contribution >= 4 is 17.6 Å². The van der Waals surface area contributed by atoms with Gasteiger partial charge in [-0.2, -0.15) is 0 Å². The van der Waals surface area contributed by atoms with E-state index in [1.807, 2.05) is 11.6 Å². The highest BCUT2D eigenvalue weighted by Crippen LogP contribution is 2.35. The summed E-state index contributed by atoms with van der Waals surface area (Å²) in [6, 6.07) is 2.19. The normalized spacial score (nSPS) is 17.5. The van der Waals surface area contributed by atoms with E-state index in [0.29, 0.717) is 17.0 Å². The number of tetrazole rings is 1. The summed E-state index contributed by atoms with van der Waals surface area (Å²) in [5, 5.41) is 13.1. The van der Waals surface area contributed by atoms with E-state index < -0.39 is 0 Å². The van der Waals surface area contributed by atoms with Crippen molar-refractivity contribution in [1.29, 1.82) is 0 Å².